The van der Waals surface area contributed by atoms with Crippen molar-refractivity contribution in [3.05, 3.63) is 74.9 Å². The quantitative estimate of drug-likeness (QED) is 0.295. The Morgan fingerprint density at radius 2 is 1.61 bits per heavy atom. The molecule has 0 aliphatic carbocycles. The first kappa shape index (κ1) is 17.5. The van der Waals surface area contributed by atoms with Crippen molar-refractivity contribution in [1.29, 1.82) is 0 Å². The lowest BCUT2D eigenvalue weighted by Crippen LogP contribution is -2.05. The number of rotatable bonds is 4. The highest BCUT2D eigenvalue weighted by Crippen LogP contribution is 2.43. The Kier molecular flexibility index (Phi) is 4.19. The van der Waals surface area contributed by atoms with Crippen molar-refractivity contribution in [3.8, 4) is 22.6 Å². The minimum absolute atomic E-state index is 0.0269. The molecule has 0 unspecified atom stereocenters. The molecule has 1 aromatic heterocycles. The molecule has 4 aromatic rings. The van der Waals surface area contributed by atoms with Crippen molar-refractivity contribution in [3.63, 3.8) is 0 Å². The van der Waals surface area contributed by atoms with Crippen LogP contribution >= 0.6 is 0 Å². The lowest BCUT2D eigenvalue weighted by atomic mass is 10.00. The van der Waals surface area contributed by atoms with Crippen LogP contribution in [0.2, 0.25) is 0 Å². The Morgan fingerprint density at radius 3 is 2.25 bits per heavy atom. The normalized spacial score (nSPS) is 10.9. The number of non-ortho nitro benzene ring substituents is 1. The second-order valence-electron chi connectivity index (χ2n) is 6.10. The van der Waals surface area contributed by atoms with Gasteiger partial charge in [-0.25, -0.2) is 0 Å². The third kappa shape index (κ3) is 2.64. The summed E-state index contributed by atoms with van der Waals surface area (Å²) in [7, 11) is 2.95. The minimum atomic E-state index is -0.469. The third-order valence-electron chi connectivity index (χ3n) is 4.58. The number of nitro groups is 1. The van der Waals surface area contributed by atoms with Crippen LogP contribution in [0.15, 0.2) is 63.8 Å². The number of benzene rings is 3. The van der Waals surface area contributed by atoms with Crippen LogP contribution < -0.4 is 14.9 Å². The molecular weight excluding hydrogens is 362 g/mol. The molecule has 0 aliphatic heterocycles. The molecule has 28 heavy (non-hydrogen) atoms. The van der Waals surface area contributed by atoms with Gasteiger partial charge in [-0.15, -0.1) is 0 Å². The molecule has 1 heterocycles. The van der Waals surface area contributed by atoms with Crippen molar-refractivity contribution in [2.45, 2.75) is 0 Å². The van der Waals surface area contributed by atoms with Gasteiger partial charge in [0, 0.05) is 17.7 Å². The van der Waals surface area contributed by atoms with Crippen LogP contribution in [0.1, 0.15) is 0 Å². The number of ether oxygens (including phenoxy) is 2. The van der Waals surface area contributed by atoms with E-state index >= 15 is 0 Å². The SMILES string of the molecule is COc1c(-c2ccc([N+](=O)[O-])cc2)cc2c(=O)c3ccccc3oc2c1OC. The molecule has 140 valence electrons. The molecule has 7 nitrogen and oxygen atoms in total. The highest BCUT2D eigenvalue weighted by Gasteiger charge is 2.21. The van der Waals surface area contributed by atoms with E-state index < -0.39 is 4.92 Å². The summed E-state index contributed by atoms with van der Waals surface area (Å²) in [5.41, 5.74) is 1.73. The molecule has 0 amide bonds. The molecule has 0 atom stereocenters. The smallest absolute Gasteiger partial charge is 0.269 e. The first-order valence-electron chi connectivity index (χ1n) is 8.40. The van der Waals surface area contributed by atoms with Gasteiger partial charge in [0.1, 0.15) is 5.58 Å². The maximum Gasteiger partial charge on any atom is 0.269 e. The van der Waals surface area contributed by atoms with Gasteiger partial charge in [0.15, 0.2) is 11.3 Å². The van der Waals surface area contributed by atoms with Crippen LogP contribution in [0.25, 0.3) is 33.1 Å². The average molecular weight is 377 g/mol. The highest BCUT2D eigenvalue weighted by molar-refractivity contribution is 5.98. The number of hydrogen-bond donors (Lipinski definition) is 0. The van der Waals surface area contributed by atoms with Gasteiger partial charge in [-0.1, -0.05) is 12.1 Å². The van der Waals surface area contributed by atoms with E-state index in [-0.39, 0.29) is 22.4 Å². The van der Waals surface area contributed by atoms with E-state index in [1.54, 1.807) is 42.5 Å². The number of para-hydroxylation sites is 1. The zero-order valence-corrected chi connectivity index (χ0v) is 15.1. The van der Waals surface area contributed by atoms with Gasteiger partial charge in [0.2, 0.25) is 11.2 Å². The summed E-state index contributed by atoms with van der Waals surface area (Å²) in [6.07, 6.45) is 0. The van der Waals surface area contributed by atoms with Crippen LogP contribution in [0.4, 0.5) is 5.69 Å². The summed E-state index contributed by atoms with van der Waals surface area (Å²) in [6, 6.07) is 14.6. The second-order valence-corrected chi connectivity index (χ2v) is 6.10. The van der Waals surface area contributed by atoms with Crippen molar-refractivity contribution in [1.82, 2.24) is 0 Å². The van der Waals surface area contributed by atoms with Gasteiger partial charge in [-0.3, -0.25) is 14.9 Å². The fourth-order valence-electron chi connectivity index (χ4n) is 3.26. The standard InChI is InChI=1S/C21H15NO6/c1-26-19-15(12-7-9-13(10-8-12)22(24)25)11-16-18(23)14-5-3-4-6-17(14)28-20(16)21(19)27-2/h3-11H,1-2H3. The zero-order chi connectivity index (χ0) is 19.8. The molecule has 7 heteroatoms. The second kappa shape index (κ2) is 6.70. The van der Waals surface area contributed by atoms with Crippen LogP contribution in [-0.4, -0.2) is 19.1 Å². The van der Waals surface area contributed by atoms with Crippen LogP contribution in [0, 0.1) is 10.1 Å². The molecule has 0 bridgehead atoms. The Morgan fingerprint density at radius 1 is 0.929 bits per heavy atom. The predicted octanol–water partition coefficient (Wildman–Crippen LogP) is 4.54. The van der Waals surface area contributed by atoms with Gasteiger partial charge in [0.25, 0.3) is 5.69 Å². The fraction of sp³-hybridized carbons (Fsp3) is 0.0952. The Balaban J connectivity index is 2.08. The molecule has 4 rings (SSSR count). The topological polar surface area (TPSA) is 91.8 Å². The predicted molar refractivity (Wildman–Crippen MR) is 105 cm³/mol. The number of hydrogen-bond acceptors (Lipinski definition) is 6. The molecular formula is C21H15NO6. The van der Waals surface area contributed by atoms with Crippen molar-refractivity contribution in [2.75, 3.05) is 14.2 Å². The van der Waals surface area contributed by atoms with E-state index in [1.807, 2.05) is 0 Å². The molecule has 0 N–H and O–H groups in total. The summed E-state index contributed by atoms with van der Waals surface area (Å²) < 4.78 is 17.0. The third-order valence-corrected chi connectivity index (χ3v) is 4.58. The van der Waals surface area contributed by atoms with E-state index in [4.69, 9.17) is 13.9 Å². The lowest BCUT2D eigenvalue weighted by Gasteiger charge is -2.15. The van der Waals surface area contributed by atoms with E-state index in [0.29, 0.717) is 33.2 Å². The number of methoxy groups -OCH3 is 2. The first-order valence-corrected chi connectivity index (χ1v) is 8.40. The van der Waals surface area contributed by atoms with E-state index in [2.05, 4.69) is 0 Å². The maximum atomic E-state index is 13.0. The van der Waals surface area contributed by atoms with E-state index in [1.165, 1.54) is 26.4 Å². The molecule has 0 spiro atoms. The molecule has 0 saturated carbocycles. The van der Waals surface area contributed by atoms with Gasteiger partial charge >= 0.3 is 0 Å². The average Bonchev–Trinajstić information content (AvgIpc) is 2.72. The maximum absolute atomic E-state index is 13.0. The zero-order valence-electron chi connectivity index (χ0n) is 15.1. The van der Waals surface area contributed by atoms with Crippen LogP contribution in [0.3, 0.4) is 0 Å². The van der Waals surface area contributed by atoms with Crippen molar-refractivity contribution < 1.29 is 18.8 Å². The first-order chi connectivity index (χ1) is 13.5. The number of nitro benzene ring substituents is 1. The molecule has 0 fully saturated rings. The van der Waals surface area contributed by atoms with Gasteiger partial charge < -0.3 is 13.9 Å². The summed E-state index contributed by atoms with van der Waals surface area (Å²) in [5, 5.41) is 11.7. The Bertz CT molecular complexity index is 1270. The van der Waals surface area contributed by atoms with Gasteiger partial charge in [0.05, 0.1) is 29.9 Å². The van der Waals surface area contributed by atoms with Gasteiger partial charge in [-0.2, -0.15) is 0 Å². The Hall–Kier alpha value is -3.87. The van der Waals surface area contributed by atoms with Crippen LogP contribution in [-0.2, 0) is 0 Å². The molecule has 0 saturated heterocycles. The van der Waals surface area contributed by atoms with Crippen molar-refractivity contribution in [2.24, 2.45) is 0 Å². The van der Waals surface area contributed by atoms with Crippen LogP contribution in [0.5, 0.6) is 11.5 Å². The van der Waals surface area contributed by atoms with E-state index in [9.17, 15) is 14.9 Å². The summed E-state index contributed by atoms with van der Waals surface area (Å²) in [5.74, 6) is 0.665. The van der Waals surface area contributed by atoms with E-state index in [0.717, 1.165) is 0 Å². The Labute approximate surface area is 158 Å². The summed E-state index contributed by atoms with van der Waals surface area (Å²) in [4.78, 5) is 23.5. The molecule has 0 aliphatic rings. The molecule has 0 radical (unpaired) electrons. The highest BCUT2D eigenvalue weighted by atomic mass is 16.6. The minimum Gasteiger partial charge on any atom is -0.492 e. The lowest BCUT2D eigenvalue weighted by molar-refractivity contribution is -0.384. The largest absolute Gasteiger partial charge is 0.492 e. The summed E-state index contributed by atoms with van der Waals surface area (Å²) in [6.45, 7) is 0. The van der Waals surface area contributed by atoms with Gasteiger partial charge in [-0.05, 0) is 35.9 Å². The number of fused-ring (bicyclic) bond motifs is 2. The monoisotopic (exact) mass is 377 g/mol. The fourth-order valence-corrected chi connectivity index (χ4v) is 3.26. The molecule has 3 aromatic carbocycles. The number of nitrogens with zero attached hydrogens (tertiary/aromatic N) is 1. The summed E-state index contributed by atoms with van der Waals surface area (Å²) >= 11 is 0. The van der Waals surface area contributed by atoms with Crippen molar-refractivity contribution >= 4 is 27.6 Å².